The summed E-state index contributed by atoms with van der Waals surface area (Å²) in [7, 11) is 1.72. The molecule has 5 heteroatoms. The first-order chi connectivity index (χ1) is 9.24. The van der Waals surface area contributed by atoms with Crippen molar-refractivity contribution in [1.82, 2.24) is 15.2 Å². The summed E-state index contributed by atoms with van der Waals surface area (Å²) in [5.74, 6) is 0.426. The van der Waals surface area contributed by atoms with Gasteiger partial charge in [-0.25, -0.2) is 4.79 Å². The summed E-state index contributed by atoms with van der Waals surface area (Å²) in [6, 6.07) is 5.92. The number of hydrogen-bond acceptors (Lipinski definition) is 4. The summed E-state index contributed by atoms with van der Waals surface area (Å²) in [5, 5.41) is 6.82. The van der Waals surface area contributed by atoms with Crippen molar-refractivity contribution in [2.45, 2.75) is 13.0 Å². The Morgan fingerprint density at radius 2 is 2.42 bits per heavy atom. The Morgan fingerprint density at radius 1 is 1.53 bits per heavy atom. The molecular weight excluding hydrogens is 242 g/mol. The molecule has 5 nitrogen and oxygen atoms in total. The average Bonchev–Trinajstić information content (AvgIpc) is 3.00. The third-order valence-electron chi connectivity index (χ3n) is 3.78. The number of fused-ring (bicyclic) bond motifs is 1. The fourth-order valence-electron chi connectivity index (χ4n) is 2.60. The minimum Gasteiger partial charge on any atom is -0.408 e. The number of nitrogens with zero attached hydrogens (tertiary/aromatic N) is 1. The quantitative estimate of drug-likeness (QED) is 0.856. The van der Waals surface area contributed by atoms with Gasteiger partial charge in [-0.3, -0.25) is 4.57 Å². The summed E-state index contributed by atoms with van der Waals surface area (Å²) in [5.41, 5.74) is 2.65. The minimum absolute atomic E-state index is 0.308. The van der Waals surface area contributed by atoms with E-state index >= 15 is 0 Å². The molecule has 0 radical (unpaired) electrons. The number of nitrogens with one attached hydrogen (secondary N) is 2. The molecule has 0 aliphatic carbocycles. The molecule has 0 saturated carbocycles. The molecule has 2 aromatic rings. The van der Waals surface area contributed by atoms with Crippen LogP contribution in [0, 0.1) is 5.92 Å². The summed E-state index contributed by atoms with van der Waals surface area (Å²) in [6.45, 7) is 4.09. The molecule has 0 bridgehead atoms. The van der Waals surface area contributed by atoms with Crippen LogP contribution in [0.2, 0.25) is 0 Å². The molecule has 19 heavy (non-hydrogen) atoms. The molecule has 1 aromatic heterocycles. The molecular formula is C14H19N3O2. The van der Waals surface area contributed by atoms with Crippen molar-refractivity contribution in [1.29, 1.82) is 0 Å². The van der Waals surface area contributed by atoms with Crippen LogP contribution in [0.1, 0.15) is 12.0 Å². The lowest BCUT2D eigenvalue weighted by atomic mass is 10.1. The normalized spacial score (nSPS) is 19.3. The Hall–Kier alpha value is -1.59. The molecule has 3 rings (SSSR count). The molecule has 1 aromatic carbocycles. The van der Waals surface area contributed by atoms with Crippen LogP contribution in [0.4, 0.5) is 0 Å². The maximum Gasteiger partial charge on any atom is 0.419 e. The largest absolute Gasteiger partial charge is 0.419 e. The van der Waals surface area contributed by atoms with Gasteiger partial charge in [0.15, 0.2) is 5.58 Å². The second-order valence-corrected chi connectivity index (χ2v) is 5.22. The highest BCUT2D eigenvalue weighted by atomic mass is 16.4. The van der Waals surface area contributed by atoms with E-state index in [4.69, 9.17) is 4.42 Å². The molecule has 1 saturated heterocycles. The Balaban J connectivity index is 1.66. The van der Waals surface area contributed by atoms with Gasteiger partial charge in [0.2, 0.25) is 0 Å². The molecule has 2 N–H and O–H groups in total. The van der Waals surface area contributed by atoms with Gasteiger partial charge in [0, 0.05) is 13.6 Å². The van der Waals surface area contributed by atoms with Crippen molar-refractivity contribution in [2.75, 3.05) is 19.6 Å². The zero-order chi connectivity index (χ0) is 13.2. The van der Waals surface area contributed by atoms with E-state index in [1.165, 1.54) is 11.0 Å². The smallest absolute Gasteiger partial charge is 0.408 e. The van der Waals surface area contributed by atoms with Gasteiger partial charge in [-0.2, -0.15) is 0 Å². The molecule has 0 spiro atoms. The van der Waals surface area contributed by atoms with Gasteiger partial charge in [0.05, 0.1) is 5.52 Å². The monoisotopic (exact) mass is 261 g/mol. The summed E-state index contributed by atoms with van der Waals surface area (Å²) < 4.78 is 6.71. The summed E-state index contributed by atoms with van der Waals surface area (Å²) in [4.78, 5) is 11.4. The van der Waals surface area contributed by atoms with E-state index in [2.05, 4.69) is 10.6 Å². The van der Waals surface area contributed by atoms with Crippen LogP contribution < -0.4 is 16.4 Å². The van der Waals surface area contributed by atoms with Gasteiger partial charge in [-0.1, -0.05) is 6.07 Å². The molecule has 2 heterocycles. The van der Waals surface area contributed by atoms with E-state index in [0.717, 1.165) is 43.2 Å². The molecule has 1 unspecified atom stereocenters. The second-order valence-electron chi connectivity index (χ2n) is 5.22. The second kappa shape index (κ2) is 5.19. The van der Waals surface area contributed by atoms with Crippen LogP contribution >= 0.6 is 0 Å². The zero-order valence-electron chi connectivity index (χ0n) is 11.1. The first-order valence-corrected chi connectivity index (χ1v) is 6.74. The van der Waals surface area contributed by atoms with Gasteiger partial charge in [-0.05, 0) is 49.7 Å². The molecule has 1 aliphatic rings. The van der Waals surface area contributed by atoms with Gasteiger partial charge >= 0.3 is 5.76 Å². The minimum atomic E-state index is -0.308. The van der Waals surface area contributed by atoms with Crippen LogP contribution in [0.5, 0.6) is 0 Å². The first kappa shape index (κ1) is 12.4. The van der Waals surface area contributed by atoms with Crippen molar-refractivity contribution >= 4 is 11.1 Å². The lowest BCUT2D eigenvalue weighted by molar-refractivity contribution is 0.511. The SMILES string of the molecule is Cn1c(=O)oc2cc(CNCC3CCNC3)ccc21. The predicted molar refractivity (Wildman–Crippen MR) is 74.1 cm³/mol. The number of rotatable bonds is 4. The average molecular weight is 261 g/mol. The zero-order valence-corrected chi connectivity index (χ0v) is 11.1. The fraction of sp³-hybridized carbons (Fsp3) is 0.500. The highest BCUT2D eigenvalue weighted by Crippen LogP contribution is 2.14. The number of aromatic nitrogens is 1. The summed E-state index contributed by atoms with van der Waals surface area (Å²) in [6.07, 6.45) is 1.25. The third kappa shape index (κ3) is 2.57. The van der Waals surface area contributed by atoms with Crippen LogP contribution in [0.3, 0.4) is 0 Å². The summed E-state index contributed by atoms with van der Waals surface area (Å²) >= 11 is 0. The topological polar surface area (TPSA) is 59.2 Å². The number of aryl methyl sites for hydroxylation is 1. The van der Waals surface area contributed by atoms with E-state index in [1.54, 1.807) is 7.05 Å². The lowest BCUT2D eigenvalue weighted by Gasteiger charge is -2.09. The molecule has 1 fully saturated rings. The molecule has 0 amide bonds. The van der Waals surface area contributed by atoms with Crippen molar-refractivity contribution in [3.63, 3.8) is 0 Å². The van der Waals surface area contributed by atoms with Gasteiger partial charge in [-0.15, -0.1) is 0 Å². The third-order valence-corrected chi connectivity index (χ3v) is 3.78. The van der Waals surface area contributed by atoms with E-state index in [1.807, 2.05) is 18.2 Å². The van der Waals surface area contributed by atoms with E-state index in [0.29, 0.717) is 5.58 Å². The van der Waals surface area contributed by atoms with Gasteiger partial charge < -0.3 is 15.1 Å². The van der Waals surface area contributed by atoms with Crippen molar-refractivity contribution in [2.24, 2.45) is 13.0 Å². The lowest BCUT2D eigenvalue weighted by Crippen LogP contribution is -2.23. The molecule has 1 aliphatic heterocycles. The highest BCUT2D eigenvalue weighted by molar-refractivity contribution is 5.73. The van der Waals surface area contributed by atoms with E-state index in [9.17, 15) is 4.79 Å². The van der Waals surface area contributed by atoms with Crippen LogP contribution in [0.15, 0.2) is 27.4 Å². The van der Waals surface area contributed by atoms with Gasteiger partial charge in [0.1, 0.15) is 0 Å². The Kier molecular flexibility index (Phi) is 3.40. The number of oxazole rings is 1. The maximum atomic E-state index is 11.4. The van der Waals surface area contributed by atoms with E-state index in [-0.39, 0.29) is 5.76 Å². The number of benzene rings is 1. The van der Waals surface area contributed by atoms with Crippen LogP contribution in [-0.2, 0) is 13.6 Å². The Morgan fingerprint density at radius 3 is 3.21 bits per heavy atom. The van der Waals surface area contributed by atoms with Crippen molar-refractivity contribution in [3.05, 3.63) is 34.3 Å². The van der Waals surface area contributed by atoms with Crippen molar-refractivity contribution < 1.29 is 4.42 Å². The standard InChI is InChI=1S/C14H19N3O2/c1-17-12-3-2-10(6-13(12)19-14(17)18)7-16-9-11-4-5-15-8-11/h2-3,6,11,15-16H,4-5,7-9H2,1H3. The van der Waals surface area contributed by atoms with Crippen LogP contribution in [-0.4, -0.2) is 24.2 Å². The van der Waals surface area contributed by atoms with Crippen LogP contribution in [0.25, 0.3) is 11.1 Å². The van der Waals surface area contributed by atoms with Crippen molar-refractivity contribution in [3.8, 4) is 0 Å². The van der Waals surface area contributed by atoms with E-state index < -0.39 is 0 Å². The first-order valence-electron chi connectivity index (χ1n) is 6.74. The molecule has 1 atom stereocenters. The fourth-order valence-corrected chi connectivity index (χ4v) is 2.60. The molecule has 102 valence electrons. The predicted octanol–water partition coefficient (Wildman–Crippen LogP) is 0.831. The van der Waals surface area contributed by atoms with Gasteiger partial charge in [0.25, 0.3) is 0 Å². The maximum absolute atomic E-state index is 11.4. The number of hydrogen-bond donors (Lipinski definition) is 2. The highest BCUT2D eigenvalue weighted by Gasteiger charge is 2.13. The Labute approximate surface area is 111 Å². The Bertz CT molecular complexity index is 623.